The van der Waals surface area contributed by atoms with Crippen LogP contribution >= 0.6 is 0 Å². The Morgan fingerprint density at radius 3 is 2.95 bits per heavy atom. The van der Waals surface area contributed by atoms with Gasteiger partial charge in [-0.3, -0.25) is 4.79 Å². The predicted octanol–water partition coefficient (Wildman–Crippen LogP) is 3.17. The smallest absolute Gasteiger partial charge is 0.189 e. The number of hydrogen-bond acceptors (Lipinski definition) is 2. The van der Waals surface area contributed by atoms with Gasteiger partial charge in [0.05, 0.1) is 5.52 Å². The summed E-state index contributed by atoms with van der Waals surface area (Å²) in [6, 6.07) is 10.2. The number of hydrogen-bond donors (Lipinski definition) is 1. The Morgan fingerprint density at radius 2 is 2.10 bits per heavy atom. The summed E-state index contributed by atoms with van der Waals surface area (Å²) in [5.74, 6) is 0.851. The molecular weight excluding hydrogens is 260 g/mol. The van der Waals surface area contributed by atoms with E-state index in [4.69, 9.17) is 0 Å². The summed E-state index contributed by atoms with van der Waals surface area (Å²) in [4.78, 5) is 11.9. The second-order valence-electron chi connectivity index (χ2n) is 6.31. The van der Waals surface area contributed by atoms with Gasteiger partial charge >= 0.3 is 0 Å². The standard InChI is InChI=1S/C18H24N2O/c1-14-5-4-6-15(13-14)19-10-12-20-11-9-18(21)16-7-2-3-8-17(16)20/h2-3,7-9,11,14-15,19H,4-6,10,12-13H2,1H3. The van der Waals surface area contributed by atoms with Crippen molar-refractivity contribution >= 4 is 10.9 Å². The number of rotatable bonds is 4. The number of aromatic nitrogens is 1. The van der Waals surface area contributed by atoms with E-state index in [0.717, 1.165) is 29.9 Å². The van der Waals surface area contributed by atoms with Gasteiger partial charge in [-0.2, -0.15) is 0 Å². The Balaban J connectivity index is 1.66. The molecule has 0 aliphatic heterocycles. The minimum absolute atomic E-state index is 0.107. The lowest BCUT2D eigenvalue weighted by Crippen LogP contribution is -2.35. The molecule has 1 heterocycles. The maximum atomic E-state index is 11.9. The molecule has 0 radical (unpaired) electrons. The van der Waals surface area contributed by atoms with Crippen LogP contribution in [0.5, 0.6) is 0 Å². The first-order valence-corrected chi connectivity index (χ1v) is 8.05. The zero-order valence-electron chi connectivity index (χ0n) is 12.7. The molecule has 0 amide bonds. The highest BCUT2D eigenvalue weighted by Crippen LogP contribution is 2.23. The molecule has 3 rings (SSSR count). The molecule has 112 valence electrons. The molecule has 2 atom stereocenters. The van der Waals surface area contributed by atoms with Crippen LogP contribution in [0, 0.1) is 5.92 Å². The number of para-hydroxylation sites is 1. The summed E-state index contributed by atoms with van der Waals surface area (Å²) in [7, 11) is 0. The minimum Gasteiger partial charge on any atom is -0.346 e. The van der Waals surface area contributed by atoms with Crippen LogP contribution in [-0.2, 0) is 6.54 Å². The zero-order chi connectivity index (χ0) is 14.7. The summed E-state index contributed by atoms with van der Waals surface area (Å²) < 4.78 is 2.18. The number of nitrogens with one attached hydrogen (secondary N) is 1. The van der Waals surface area contributed by atoms with Gasteiger partial charge in [0.25, 0.3) is 0 Å². The van der Waals surface area contributed by atoms with Crippen LogP contribution in [-0.4, -0.2) is 17.2 Å². The van der Waals surface area contributed by atoms with Crippen molar-refractivity contribution in [2.45, 2.75) is 45.2 Å². The molecule has 2 aromatic rings. The van der Waals surface area contributed by atoms with Crippen molar-refractivity contribution in [3.05, 3.63) is 46.8 Å². The van der Waals surface area contributed by atoms with Crippen molar-refractivity contribution in [2.75, 3.05) is 6.54 Å². The van der Waals surface area contributed by atoms with E-state index in [-0.39, 0.29) is 5.43 Å². The fourth-order valence-electron chi connectivity index (χ4n) is 3.46. The van der Waals surface area contributed by atoms with Crippen LogP contribution in [0.4, 0.5) is 0 Å². The molecule has 1 aliphatic carbocycles. The maximum Gasteiger partial charge on any atom is 0.189 e. The van der Waals surface area contributed by atoms with Gasteiger partial charge < -0.3 is 9.88 Å². The van der Waals surface area contributed by atoms with Gasteiger partial charge in [0, 0.05) is 36.8 Å². The maximum absolute atomic E-state index is 11.9. The average molecular weight is 284 g/mol. The Labute approximate surface area is 126 Å². The van der Waals surface area contributed by atoms with E-state index in [9.17, 15) is 4.79 Å². The lowest BCUT2D eigenvalue weighted by atomic mass is 9.87. The van der Waals surface area contributed by atoms with Gasteiger partial charge in [-0.25, -0.2) is 0 Å². The van der Waals surface area contributed by atoms with E-state index >= 15 is 0 Å². The first-order chi connectivity index (χ1) is 10.2. The van der Waals surface area contributed by atoms with Crippen LogP contribution in [0.15, 0.2) is 41.3 Å². The largest absolute Gasteiger partial charge is 0.346 e. The van der Waals surface area contributed by atoms with Gasteiger partial charge in [-0.1, -0.05) is 31.9 Å². The number of benzene rings is 1. The molecule has 0 saturated heterocycles. The highest BCUT2D eigenvalue weighted by atomic mass is 16.1. The van der Waals surface area contributed by atoms with Crippen molar-refractivity contribution in [3.63, 3.8) is 0 Å². The molecule has 3 nitrogen and oxygen atoms in total. The van der Waals surface area contributed by atoms with E-state index in [1.54, 1.807) is 6.07 Å². The van der Waals surface area contributed by atoms with E-state index in [0.29, 0.717) is 6.04 Å². The SMILES string of the molecule is CC1CCCC(NCCn2ccc(=O)c3ccccc32)C1. The van der Waals surface area contributed by atoms with Crippen LogP contribution in [0.25, 0.3) is 10.9 Å². The van der Waals surface area contributed by atoms with E-state index in [1.165, 1.54) is 25.7 Å². The zero-order valence-corrected chi connectivity index (χ0v) is 12.7. The lowest BCUT2D eigenvalue weighted by Gasteiger charge is -2.27. The van der Waals surface area contributed by atoms with Crippen molar-refractivity contribution in [1.82, 2.24) is 9.88 Å². The van der Waals surface area contributed by atoms with Crippen molar-refractivity contribution < 1.29 is 0 Å². The van der Waals surface area contributed by atoms with Gasteiger partial charge in [0.1, 0.15) is 0 Å². The third-order valence-electron chi connectivity index (χ3n) is 4.61. The topological polar surface area (TPSA) is 34.0 Å². The van der Waals surface area contributed by atoms with Crippen LogP contribution in [0.1, 0.15) is 32.6 Å². The van der Waals surface area contributed by atoms with Gasteiger partial charge in [-0.05, 0) is 30.9 Å². The molecule has 21 heavy (non-hydrogen) atoms. The summed E-state index contributed by atoms with van der Waals surface area (Å²) in [5, 5.41) is 4.49. The molecular formula is C18H24N2O. The fraction of sp³-hybridized carbons (Fsp3) is 0.500. The Hall–Kier alpha value is -1.61. The third kappa shape index (κ3) is 3.35. The Kier molecular flexibility index (Phi) is 4.39. The first kappa shape index (κ1) is 14.3. The molecule has 1 aromatic heterocycles. The molecule has 3 heteroatoms. The molecule has 2 unspecified atom stereocenters. The van der Waals surface area contributed by atoms with Gasteiger partial charge in [0.2, 0.25) is 0 Å². The molecule has 0 bridgehead atoms. The molecule has 1 fully saturated rings. The second kappa shape index (κ2) is 6.44. The highest BCUT2D eigenvalue weighted by Gasteiger charge is 2.17. The number of nitrogens with zero attached hydrogens (tertiary/aromatic N) is 1. The highest BCUT2D eigenvalue weighted by molar-refractivity contribution is 5.78. The molecule has 1 N–H and O–H groups in total. The normalized spacial score (nSPS) is 22.5. The summed E-state index contributed by atoms with van der Waals surface area (Å²) in [6.07, 6.45) is 7.23. The number of fused-ring (bicyclic) bond motifs is 1. The molecule has 1 aromatic carbocycles. The lowest BCUT2D eigenvalue weighted by molar-refractivity contribution is 0.299. The predicted molar refractivity (Wildman–Crippen MR) is 87.6 cm³/mol. The van der Waals surface area contributed by atoms with Gasteiger partial charge in [0.15, 0.2) is 5.43 Å². The first-order valence-electron chi connectivity index (χ1n) is 8.05. The summed E-state index contributed by atoms with van der Waals surface area (Å²) in [5.41, 5.74) is 1.14. The fourth-order valence-corrected chi connectivity index (χ4v) is 3.46. The molecule has 1 saturated carbocycles. The van der Waals surface area contributed by atoms with E-state index in [2.05, 4.69) is 16.8 Å². The van der Waals surface area contributed by atoms with Crippen molar-refractivity contribution in [1.29, 1.82) is 0 Å². The Morgan fingerprint density at radius 1 is 1.24 bits per heavy atom. The third-order valence-corrected chi connectivity index (χ3v) is 4.61. The summed E-state index contributed by atoms with van der Waals surface area (Å²) in [6.45, 7) is 4.22. The van der Waals surface area contributed by atoms with Crippen LogP contribution < -0.4 is 10.7 Å². The van der Waals surface area contributed by atoms with E-state index < -0.39 is 0 Å². The second-order valence-corrected chi connectivity index (χ2v) is 6.31. The molecule has 0 spiro atoms. The van der Waals surface area contributed by atoms with Crippen molar-refractivity contribution in [2.24, 2.45) is 5.92 Å². The van der Waals surface area contributed by atoms with Gasteiger partial charge in [-0.15, -0.1) is 0 Å². The van der Waals surface area contributed by atoms with Crippen LogP contribution in [0.3, 0.4) is 0 Å². The average Bonchev–Trinajstić information content (AvgIpc) is 2.50. The monoisotopic (exact) mass is 284 g/mol. The quantitative estimate of drug-likeness (QED) is 0.935. The minimum atomic E-state index is 0.107. The van der Waals surface area contributed by atoms with E-state index in [1.807, 2.05) is 30.5 Å². The summed E-state index contributed by atoms with van der Waals surface area (Å²) >= 11 is 0. The van der Waals surface area contributed by atoms with Crippen molar-refractivity contribution in [3.8, 4) is 0 Å². The number of pyridine rings is 1. The Bertz CT molecular complexity index is 662. The molecule has 1 aliphatic rings. The van der Waals surface area contributed by atoms with Crippen LogP contribution in [0.2, 0.25) is 0 Å².